The fraction of sp³-hybridized carbons (Fsp3) is 0.303. The third kappa shape index (κ3) is 8.23. The number of aryl methyl sites for hydroxylation is 2. The lowest BCUT2D eigenvalue weighted by Gasteiger charge is -2.24. The first-order chi connectivity index (χ1) is 23.0. The summed E-state index contributed by atoms with van der Waals surface area (Å²) in [6.07, 6.45) is 0.874. The molecular weight excluding hydrogens is 622 g/mol. The van der Waals surface area contributed by atoms with E-state index in [1.54, 1.807) is 64.1 Å². The van der Waals surface area contributed by atoms with Gasteiger partial charge in [0.1, 0.15) is 24.5 Å². The molecule has 2 aromatic carbocycles. The number of hydrogen-bond acceptors (Lipinski definition) is 10. The molecule has 0 radical (unpaired) electrons. The van der Waals surface area contributed by atoms with E-state index >= 15 is 0 Å². The predicted molar refractivity (Wildman–Crippen MR) is 174 cm³/mol. The van der Waals surface area contributed by atoms with E-state index in [1.807, 2.05) is 6.07 Å². The zero-order valence-corrected chi connectivity index (χ0v) is 27.2. The number of fused-ring (bicyclic) bond motifs is 1. The van der Waals surface area contributed by atoms with Crippen LogP contribution in [0, 0.1) is 13.8 Å². The van der Waals surface area contributed by atoms with Gasteiger partial charge in [-0.15, -0.1) is 0 Å². The van der Waals surface area contributed by atoms with Crippen molar-refractivity contribution in [2.24, 2.45) is 0 Å². The summed E-state index contributed by atoms with van der Waals surface area (Å²) in [6.45, 7) is 8.34. The molecule has 4 amide bonds. The molecule has 4 rings (SSSR count). The molecule has 0 saturated heterocycles. The number of nitrogens with zero attached hydrogens (tertiary/aromatic N) is 4. The largest absolute Gasteiger partial charge is 0.445 e. The summed E-state index contributed by atoms with van der Waals surface area (Å²) >= 11 is 0. The van der Waals surface area contributed by atoms with Crippen LogP contribution in [-0.4, -0.2) is 70.5 Å². The third-order valence-corrected chi connectivity index (χ3v) is 7.12. The number of rotatable bonds is 12. The highest BCUT2D eigenvalue weighted by atomic mass is 16.7. The summed E-state index contributed by atoms with van der Waals surface area (Å²) in [7, 11) is 0. The first-order valence-corrected chi connectivity index (χ1v) is 15.2. The van der Waals surface area contributed by atoms with Crippen molar-refractivity contribution in [2.75, 3.05) is 24.8 Å². The number of hydrogen-bond donors (Lipinski definition) is 3. The van der Waals surface area contributed by atoms with Crippen molar-refractivity contribution in [3.05, 3.63) is 88.9 Å². The van der Waals surface area contributed by atoms with Crippen LogP contribution in [0.1, 0.15) is 58.2 Å². The molecule has 0 saturated carbocycles. The minimum absolute atomic E-state index is 0.00479. The maximum absolute atomic E-state index is 13.8. The highest BCUT2D eigenvalue weighted by Crippen LogP contribution is 2.34. The Labute approximate surface area is 276 Å². The Balaban J connectivity index is 1.57. The van der Waals surface area contributed by atoms with Crippen molar-refractivity contribution in [3.63, 3.8) is 0 Å². The van der Waals surface area contributed by atoms with E-state index in [0.717, 1.165) is 10.5 Å². The second kappa shape index (κ2) is 16.0. The van der Waals surface area contributed by atoms with Gasteiger partial charge in [-0.05, 0) is 63.4 Å². The molecule has 0 bridgehead atoms. The molecule has 48 heavy (non-hydrogen) atoms. The summed E-state index contributed by atoms with van der Waals surface area (Å²) in [4.78, 5) is 69.6. The highest BCUT2D eigenvalue weighted by molar-refractivity contribution is 6.05. The van der Waals surface area contributed by atoms with Crippen molar-refractivity contribution < 1.29 is 38.2 Å². The smallest absolute Gasteiger partial charge is 0.423 e. The molecular formula is C33H37N7O8. The van der Waals surface area contributed by atoms with E-state index in [2.05, 4.69) is 26.0 Å². The molecule has 15 heteroatoms. The second-order valence-corrected chi connectivity index (χ2v) is 10.5. The van der Waals surface area contributed by atoms with Crippen molar-refractivity contribution in [2.45, 2.75) is 47.3 Å². The van der Waals surface area contributed by atoms with E-state index in [9.17, 15) is 24.0 Å². The zero-order valence-electron chi connectivity index (χ0n) is 27.2. The van der Waals surface area contributed by atoms with Crippen LogP contribution in [0.2, 0.25) is 0 Å². The lowest BCUT2D eigenvalue weighted by Crippen LogP contribution is -2.40. The van der Waals surface area contributed by atoms with E-state index in [4.69, 9.17) is 14.2 Å². The summed E-state index contributed by atoms with van der Waals surface area (Å²) in [5.41, 5.74) is 2.97. The predicted octanol–water partition coefficient (Wildman–Crippen LogP) is 3.94. The number of carbonyl (C=O) groups is 5. The van der Waals surface area contributed by atoms with Gasteiger partial charge in [-0.2, -0.15) is 5.10 Å². The van der Waals surface area contributed by atoms with Crippen LogP contribution in [0.5, 0.6) is 0 Å². The molecule has 252 valence electrons. The normalized spacial score (nSPS) is 11.3. The summed E-state index contributed by atoms with van der Waals surface area (Å²) in [5.74, 6) is -1.55. The maximum Gasteiger partial charge on any atom is 0.423 e. The van der Waals surface area contributed by atoms with Gasteiger partial charge in [0.2, 0.25) is 6.79 Å². The maximum atomic E-state index is 13.8. The average molecular weight is 660 g/mol. The number of amides is 4. The SMILES string of the molecule is CCNC(=O)c1ccc(C)c(N(C(=O)OCOC(=O)C(C)NC(=O)OCc2ccccc2)c2ncnn3cc(C(=O)NCC)c(C)c23)c1. The van der Waals surface area contributed by atoms with Crippen LogP contribution < -0.4 is 20.9 Å². The molecule has 3 N–H and O–H groups in total. The van der Waals surface area contributed by atoms with Gasteiger partial charge in [-0.25, -0.2) is 28.8 Å². The van der Waals surface area contributed by atoms with E-state index in [0.29, 0.717) is 35.3 Å². The van der Waals surface area contributed by atoms with E-state index in [-0.39, 0.29) is 35.5 Å². The molecule has 1 unspecified atom stereocenters. The number of esters is 1. The van der Waals surface area contributed by atoms with Gasteiger partial charge in [0.05, 0.1) is 11.3 Å². The molecule has 2 aromatic heterocycles. The average Bonchev–Trinajstić information content (AvgIpc) is 3.42. The fourth-order valence-electron chi connectivity index (χ4n) is 4.67. The lowest BCUT2D eigenvalue weighted by molar-refractivity contribution is -0.153. The topological polar surface area (TPSA) is 183 Å². The van der Waals surface area contributed by atoms with Crippen LogP contribution in [0.4, 0.5) is 21.1 Å². The van der Waals surface area contributed by atoms with Crippen LogP contribution in [0.25, 0.3) is 5.52 Å². The molecule has 2 heterocycles. The van der Waals surface area contributed by atoms with Crippen molar-refractivity contribution in [1.82, 2.24) is 30.5 Å². The Kier molecular flexibility index (Phi) is 11.6. The molecule has 0 aliphatic carbocycles. The number of anilines is 2. The molecule has 1 atom stereocenters. The van der Waals surface area contributed by atoms with Gasteiger partial charge in [-0.1, -0.05) is 36.4 Å². The number of ether oxygens (including phenoxy) is 3. The van der Waals surface area contributed by atoms with Gasteiger partial charge in [0.25, 0.3) is 11.8 Å². The standard InChI is InChI=1S/C33H37N7O8/c1-6-34-29(41)24-14-13-20(3)26(15-24)40(28-27-21(4)25(30(42)35-7-2)16-39(27)37-18-36-28)33(45)48-19-47-31(43)22(5)38-32(44)46-17-23-11-9-8-10-12-23/h8-16,18,22H,6-7,17,19H2,1-5H3,(H,34,41)(H,35,42)(H,38,44). The minimum atomic E-state index is -1.13. The Morgan fingerprint density at radius 3 is 2.33 bits per heavy atom. The van der Waals surface area contributed by atoms with Crippen LogP contribution >= 0.6 is 0 Å². The molecule has 4 aromatic rings. The number of alkyl carbamates (subject to hydrolysis) is 1. The van der Waals surface area contributed by atoms with Gasteiger partial charge in [0.15, 0.2) is 5.82 Å². The Hall–Kier alpha value is -5.99. The Bertz CT molecular complexity index is 1810. The monoisotopic (exact) mass is 659 g/mol. The lowest BCUT2D eigenvalue weighted by atomic mass is 10.1. The zero-order chi connectivity index (χ0) is 34.8. The van der Waals surface area contributed by atoms with Crippen LogP contribution in [-0.2, 0) is 25.6 Å². The van der Waals surface area contributed by atoms with Gasteiger partial charge in [0, 0.05) is 24.8 Å². The summed E-state index contributed by atoms with van der Waals surface area (Å²) in [5, 5.41) is 12.1. The van der Waals surface area contributed by atoms with E-state index in [1.165, 1.54) is 30.0 Å². The quantitative estimate of drug-likeness (QED) is 0.149. The van der Waals surface area contributed by atoms with Gasteiger partial charge in [-0.3, -0.25) is 9.59 Å². The minimum Gasteiger partial charge on any atom is -0.445 e. The van der Waals surface area contributed by atoms with Crippen LogP contribution in [0.3, 0.4) is 0 Å². The second-order valence-electron chi connectivity index (χ2n) is 10.5. The van der Waals surface area contributed by atoms with E-state index < -0.39 is 31.0 Å². The van der Waals surface area contributed by atoms with Gasteiger partial charge < -0.3 is 30.2 Å². The Morgan fingerprint density at radius 1 is 0.917 bits per heavy atom. The summed E-state index contributed by atoms with van der Waals surface area (Å²) in [6, 6.07) is 12.7. The number of carbonyl (C=O) groups excluding carboxylic acids is 5. The van der Waals surface area contributed by atoms with Gasteiger partial charge >= 0.3 is 18.2 Å². The number of benzene rings is 2. The highest BCUT2D eigenvalue weighted by Gasteiger charge is 2.29. The van der Waals surface area contributed by atoms with Crippen molar-refractivity contribution in [1.29, 1.82) is 0 Å². The molecule has 0 aliphatic heterocycles. The Morgan fingerprint density at radius 2 is 1.62 bits per heavy atom. The first kappa shape index (κ1) is 34.9. The molecule has 0 aliphatic rings. The first-order valence-electron chi connectivity index (χ1n) is 15.2. The third-order valence-electron chi connectivity index (χ3n) is 7.12. The number of aromatic nitrogens is 3. The van der Waals surface area contributed by atoms with Crippen molar-refractivity contribution >= 4 is 47.0 Å². The molecule has 0 fully saturated rings. The fourth-order valence-corrected chi connectivity index (χ4v) is 4.67. The molecule has 0 spiro atoms. The summed E-state index contributed by atoms with van der Waals surface area (Å²) < 4.78 is 17.0. The molecule has 15 nitrogen and oxygen atoms in total. The van der Waals surface area contributed by atoms with Crippen LogP contribution in [0.15, 0.2) is 61.1 Å². The van der Waals surface area contributed by atoms with Crippen molar-refractivity contribution in [3.8, 4) is 0 Å². The number of nitrogens with one attached hydrogen (secondary N) is 3.